The summed E-state index contributed by atoms with van der Waals surface area (Å²) < 4.78 is 22.5. The molecule has 1 heterocycles. The highest BCUT2D eigenvalue weighted by atomic mass is 32.2. The molecule has 1 saturated heterocycles. The zero-order chi connectivity index (χ0) is 12.9. The van der Waals surface area contributed by atoms with E-state index in [1.165, 1.54) is 0 Å². The third kappa shape index (κ3) is 5.04. The molecule has 0 aliphatic carbocycles. The number of carbonyl (C=O) groups is 1. The first-order valence-corrected chi connectivity index (χ1v) is 8.01. The number of unbranched alkanes of at least 4 members (excludes halogenated alkanes) is 1. The van der Waals surface area contributed by atoms with Gasteiger partial charge in [-0.05, 0) is 19.8 Å². The first-order chi connectivity index (χ1) is 7.94. The molecule has 17 heavy (non-hydrogen) atoms. The highest BCUT2D eigenvalue weighted by Gasteiger charge is 2.29. The summed E-state index contributed by atoms with van der Waals surface area (Å²) in [6.07, 6.45) is 2.62. The van der Waals surface area contributed by atoms with Crippen LogP contribution in [-0.2, 0) is 14.6 Å². The van der Waals surface area contributed by atoms with Gasteiger partial charge in [0.1, 0.15) is 0 Å². The Hall–Kier alpha value is -0.620. The Morgan fingerprint density at radius 1 is 1.47 bits per heavy atom. The van der Waals surface area contributed by atoms with E-state index in [4.69, 9.17) is 0 Å². The van der Waals surface area contributed by atoms with Gasteiger partial charge in [-0.2, -0.15) is 0 Å². The molecule has 2 N–H and O–H groups in total. The molecule has 0 spiro atoms. The summed E-state index contributed by atoms with van der Waals surface area (Å²) in [5.41, 5.74) is 0. The van der Waals surface area contributed by atoms with Crippen LogP contribution in [0.2, 0.25) is 0 Å². The molecule has 100 valence electrons. The Balaban J connectivity index is 2.29. The normalized spacial score (nSPS) is 24.5. The van der Waals surface area contributed by atoms with E-state index < -0.39 is 9.84 Å². The van der Waals surface area contributed by atoms with E-state index >= 15 is 0 Å². The quantitative estimate of drug-likeness (QED) is 0.664. The number of nitrogens with one attached hydrogen (secondary N) is 2. The lowest BCUT2D eigenvalue weighted by molar-refractivity contribution is -0.122. The summed E-state index contributed by atoms with van der Waals surface area (Å²) in [5.74, 6) is 0.330. The largest absolute Gasteiger partial charge is 0.355 e. The molecule has 6 heteroatoms. The first kappa shape index (κ1) is 14.4. The van der Waals surface area contributed by atoms with Crippen molar-refractivity contribution in [3.63, 3.8) is 0 Å². The lowest BCUT2D eigenvalue weighted by Gasteiger charge is -2.17. The van der Waals surface area contributed by atoms with Gasteiger partial charge in [-0.1, -0.05) is 13.3 Å². The van der Waals surface area contributed by atoms with Crippen LogP contribution in [0.1, 0.15) is 33.1 Å². The maximum absolute atomic E-state index is 11.6. The molecule has 0 aromatic rings. The molecular weight excluding hydrogens is 240 g/mol. The Bertz CT molecular complexity index is 354. The topological polar surface area (TPSA) is 75.3 Å². The van der Waals surface area contributed by atoms with Crippen LogP contribution in [0.15, 0.2) is 0 Å². The molecule has 0 bridgehead atoms. The minimum atomic E-state index is -2.88. The predicted molar refractivity (Wildman–Crippen MR) is 67.6 cm³/mol. The lowest BCUT2D eigenvalue weighted by atomic mass is 10.2. The molecule has 0 radical (unpaired) electrons. The molecular formula is C11H22N2O3S. The summed E-state index contributed by atoms with van der Waals surface area (Å²) in [6, 6.07) is -0.405. The van der Waals surface area contributed by atoms with Crippen LogP contribution in [0.3, 0.4) is 0 Å². The molecule has 0 saturated carbocycles. The van der Waals surface area contributed by atoms with E-state index in [9.17, 15) is 13.2 Å². The van der Waals surface area contributed by atoms with Crippen molar-refractivity contribution in [1.29, 1.82) is 0 Å². The predicted octanol–water partition coefficient (Wildman–Crippen LogP) is 0.0679. The summed E-state index contributed by atoms with van der Waals surface area (Å²) in [6.45, 7) is 4.52. The highest BCUT2D eigenvalue weighted by molar-refractivity contribution is 7.91. The van der Waals surface area contributed by atoms with Crippen molar-refractivity contribution in [2.45, 2.75) is 45.2 Å². The molecule has 1 rings (SSSR count). The minimum absolute atomic E-state index is 0.0530. The molecule has 5 nitrogen and oxygen atoms in total. The van der Waals surface area contributed by atoms with Crippen molar-refractivity contribution in [2.24, 2.45) is 0 Å². The van der Waals surface area contributed by atoms with Gasteiger partial charge in [0.05, 0.1) is 17.5 Å². The van der Waals surface area contributed by atoms with Gasteiger partial charge in [0.15, 0.2) is 9.84 Å². The van der Waals surface area contributed by atoms with Crippen LogP contribution >= 0.6 is 0 Å². The van der Waals surface area contributed by atoms with Gasteiger partial charge in [-0.25, -0.2) is 8.42 Å². The maximum atomic E-state index is 11.6. The van der Waals surface area contributed by atoms with Crippen molar-refractivity contribution < 1.29 is 13.2 Å². The Kier molecular flexibility index (Phi) is 5.39. The fraction of sp³-hybridized carbons (Fsp3) is 0.909. The second-order valence-electron chi connectivity index (χ2n) is 4.63. The fourth-order valence-corrected chi connectivity index (χ4v) is 3.58. The van der Waals surface area contributed by atoms with Crippen LogP contribution in [0.25, 0.3) is 0 Å². The van der Waals surface area contributed by atoms with Gasteiger partial charge in [0.25, 0.3) is 0 Å². The second kappa shape index (κ2) is 6.35. The third-order valence-electron chi connectivity index (χ3n) is 2.94. The number of hydrogen-bond donors (Lipinski definition) is 2. The first-order valence-electron chi connectivity index (χ1n) is 6.19. The monoisotopic (exact) mass is 262 g/mol. The average molecular weight is 262 g/mol. The molecule has 1 fully saturated rings. The highest BCUT2D eigenvalue weighted by Crippen LogP contribution is 2.11. The van der Waals surface area contributed by atoms with Gasteiger partial charge in [-0.15, -0.1) is 0 Å². The van der Waals surface area contributed by atoms with Crippen molar-refractivity contribution in [2.75, 3.05) is 18.1 Å². The molecule has 2 atom stereocenters. The molecule has 1 amide bonds. The van der Waals surface area contributed by atoms with E-state index in [1.807, 2.05) is 0 Å². The zero-order valence-electron chi connectivity index (χ0n) is 10.5. The number of hydrogen-bond acceptors (Lipinski definition) is 4. The Morgan fingerprint density at radius 3 is 2.71 bits per heavy atom. The van der Waals surface area contributed by atoms with Crippen molar-refractivity contribution in [3.05, 3.63) is 0 Å². The summed E-state index contributed by atoms with van der Waals surface area (Å²) >= 11 is 0. The van der Waals surface area contributed by atoms with E-state index in [2.05, 4.69) is 17.6 Å². The number of sulfone groups is 1. The fourth-order valence-electron chi connectivity index (χ4n) is 1.90. The average Bonchev–Trinajstić information content (AvgIpc) is 2.58. The summed E-state index contributed by atoms with van der Waals surface area (Å²) in [4.78, 5) is 11.6. The van der Waals surface area contributed by atoms with E-state index in [0.717, 1.165) is 12.8 Å². The lowest BCUT2D eigenvalue weighted by Crippen LogP contribution is -2.47. The summed E-state index contributed by atoms with van der Waals surface area (Å²) in [7, 11) is -2.88. The number of amides is 1. The molecule has 0 aromatic carbocycles. The van der Waals surface area contributed by atoms with Crippen molar-refractivity contribution >= 4 is 15.7 Å². The number of carbonyl (C=O) groups excluding carboxylic acids is 1. The minimum Gasteiger partial charge on any atom is -0.355 e. The molecule has 1 aliphatic heterocycles. The SMILES string of the molecule is CCCCNC(=O)C(C)NC1CCS(=O)(=O)C1. The van der Waals surface area contributed by atoms with Crippen molar-refractivity contribution in [1.82, 2.24) is 10.6 Å². The summed E-state index contributed by atoms with van der Waals surface area (Å²) in [5, 5.41) is 5.90. The van der Waals surface area contributed by atoms with Gasteiger partial charge in [0.2, 0.25) is 5.91 Å². The van der Waals surface area contributed by atoms with Gasteiger partial charge < -0.3 is 10.6 Å². The Labute approximate surface area is 103 Å². The van der Waals surface area contributed by atoms with Crippen LogP contribution in [-0.4, -0.2) is 44.5 Å². The third-order valence-corrected chi connectivity index (χ3v) is 4.71. The van der Waals surface area contributed by atoms with Gasteiger partial charge in [0, 0.05) is 12.6 Å². The Morgan fingerprint density at radius 2 is 2.18 bits per heavy atom. The molecule has 0 aromatic heterocycles. The standard InChI is InChI=1S/C11H22N2O3S/c1-3-4-6-12-11(14)9(2)13-10-5-7-17(15,16)8-10/h9-10,13H,3-8H2,1-2H3,(H,12,14). The van der Waals surface area contributed by atoms with Crippen LogP contribution in [0, 0.1) is 0 Å². The van der Waals surface area contributed by atoms with Crippen molar-refractivity contribution in [3.8, 4) is 0 Å². The van der Waals surface area contributed by atoms with E-state index in [-0.39, 0.29) is 29.5 Å². The molecule has 1 aliphatic rings. The smallest absolute Gasteiger partial charge is 0.236 e. The maximum Gasteiger partial charge on any atom is 0.236 e. The van der Waals surface area contributed by atoms with Crippen LogP contribution in [0.5, 0.6) is 0 Å². The van der Waals surface area contributed by atoms with E-state index in [1.54, 1.807) is 6.92 Å². The number of rotatable bonds is 6. The molecule has 2 unspecified atom stereocenters. The van der Waals surface area contributed by atoms with Crippen LogP contribution in [0.4, 0.5) is 0 Å². The van der Waals surface area contributed by atoms with Crippen LogP contribution < -0.4 is 10.6 Å². The van der Waals surface area contributed by atoms with Gasteiger partial charge in [-0.3, -0.25) is 4.79 Å². The van der Waals surface area contributed by atoms with E-state index in [0.29, 0.717) is 13.0 Å². The van der Waals surface area contributed by atoms with Gasteiger partial charge >= 0.3 is 0 Å². The second-order valence-corrected chi connectivity index (χ2v) is 6.86. The zero-order valence-corrected chi connectivity index (χ0v) is 11.3.